The molecule has 0 unspecified atom stereocenters. The average molecular weight is 364 g/mol. The van der Waals surface area contributed by atoms with Gasteiger partial charge in [-0.05, 0) is 45.7 Å². The monoisotopic (exact) mass is 364 g/mol. The highest BCUT2D eigenvalue weighted by Crippen LogP contribution is 2.43. The van der Waals surface area contributed by atoms with Crippen molar-refractivity contribution in [1.29, 1.82) is 0 Å². The van der Waals surface area contributed by atoms with Crippen LogP contribution in [0.15, 0.2) is 91.1 Å². The molecule has 4 aromatic carbocycles. The number of fused-ring (bicyclic) bond motifs is 2. The van der Waals surface area contributed by atoms with Gasteiger partial charge in [0.2, 0.25) is 0 Å². The molecule has 0 amide bonds. The van der Waals surface area contributed by atoms with E-state index in [1.807, 2.05) is 48.7 Å². The van der Waals surface area contributed by atoms with E-state index in [0.29, 0.717) is 0 Å². The Balaban J connectivity index is 1.88. The minimum atomic E-state index is -0.369. The molecule has 0 aliphatic rings. The fraction of sp³-hybridized carbons (Fsp3) is 0. The van der Waals surface area contributed by atoms with Crippen molar-refractivity contribution in [3.8, 4) is 22.3 Å². The molecule has 1 N–H and O–H groups in total. The zero-order valence-corrected chi connectivity index (χ0v) is 14.9. The van der Waals surface area contributed by atoms with E-state index < -0.39 is 0 Å². The zero-order valence-electron chi connectivity index (χ0n) is 14.9. The molecule has 1 aromatic heterocycles. The third kappa shape index (κ3) is 2.47. The van der Waals surface area contributed by atoms with E-state index in [0.717, 1.165) is 38.4 Å². The predicted octanol–water partition coefficient (Wildman–Crippen LogP) is 6.56. The summed E-state index contributed by atoms with van der Waals surface area (Å²) in [5, 5.41) is 14.4. The van der Waals surface area contributed by atoms with Crippen molar-refractivity contribution in [3.63, 3.8) is 0 Å². The minimum Gasteiger partial charge on any atom is -0.361 e. The SMILES string of the molecule is O=[N+]([O-])c1ccc(-c2c3ccccc3c(-c3ccccc3)c3[nH]ccc23)cc1. The van der Waals surface area contributed by atoms with E-state index in [2.05, 4.69) is 35.3 Å². The fourth-order valence-corrected chi connectivity index (χ4v) is 3.95. The van der Waals surface area contributed by atoms with Crippen LogP contribution in [-0.2, 0) is 0 Å². The molecule has 0 bridgehead atoms. The van der Waals surface area contributed by atoms with Crippen molar-refractivity contribution in [3.05, 3.63) is 101 Å². The maximum Gasteiger partial charge on any atom is 0.269 e. The molecule has 4 nitrogen and oxygen atoms in total. The van der Waals surface area contributed by atoms with Gasteiger partial charge >= 0.3 is 0 Å². The standard InChI is InChI=1S/C24H16N2O2/c27-26(28)18-12-10-17(11-13-18)22-19-8-4-5-9-20(19)23(16-6-2-1-3-7-16)24-21(22)14-15-25-24/h1-15,25H. The predicted molar refractivity (Wildman–Crippen MR) is 113 cm³/mol. The zero-order chi connectivity index (χ0) is 19.1. The molecule has 5 aromatic rings. The number of benzene rings is 4. The number of non-ortho nitro benzene ring substituents is 1. The highest BCUT2D eigenvalue weighted by molar-refractivity contribution is 6.20. The lowest BCUT2D eigenvalue weighted by Crippen LogP contribution is -1.90. The lowest BCUT2D eigenvalue weighted by molar-refractivity contribution is -0.384. The molecule has 0 fully saturated rings. The second-order valence-electron chi connectivity index (χ2n) is 6.73. The Morgan fingerprint density at radius 2 is 1.25 bits per heavy atom. The number of nitro benzene ring substituents is 1. The molecule has 5 rings (SSSR count). The highest BCUT2D eigenvalue weighted by atomic mass is 16.6. The Morgan fingerprint density at radius 1 is 0.643 bits per heavy atom. The molecule has 0 spiro atoms. The van der Waals surface area contributed by atoms with Crippen LogP contribution < -0.4 is 0 Å². The summed E-state index contributed by atoms with van der Waals surface area (Å²) in [6.07, 6.45) is 1.95. The second-order valence-corrected chi connectivity index (χ2v) is 6.73. The van der Waals surface area contributed by atoms with Gasteiger partial charge in [-0.2, -0.15) is 0 Å². The summed E-state index contributed by atoms with van der Waals surface area (Å²) in [4.78, 5) is 14.1. The van der Waals surface area contributed by atoms with Gasteiger partial charge in [-0.15, -0.1) is 0 Å². The van der Waals surface area contributed by atoms with Gasteiger partial charge in [0.05, 0.1) is 10.4 Å². The van der Waals surface area contributed by atoms with Gasteiger partial charge in [-0.25, -0.2) is 0 Å². The fourth-order valence-electron chi connectivity index (χ4n) is 3.95. The quantitative estimate of drug-likeness (QED) is 0.291. The summed E-state index contributed by atoms with van der Waals surface area (Å²) < 4.78 is 0. The van der Waals surface area contributed by atoms with Crippen LogP contribution in [0.3, 0.4) is 0 Å². The van der Waals surface area contributed by atoms with Crippen molar-refractivity contribution >= 4 is 27.4 Å². The molecule has 0 saturated heterocycles. The van der Waals surface area contributed by atoms with Crippen molar-refractivity contribution in [2.24, 2.45) is 0 Å². The first-order chi connectivity index (χ1) is 13.7. The molecular formula is C24H16N2O2. The smallest absolute Gasteiger partial charge is 0.269 e. The normalized spacial score (nSPS) is 11.1. The van der Waals surface area contributed by atoms with Crippen molar-refractivity contribution in [2.45, 2.75) is 0 Å². The van der Waals surface area contributed by atoms with E-state index in [1.165, 1.54) is 5.56 Å². The Hall–Kier alpha value is -3.92. The number of hydrogen-bond donors (Lipinski definition) is 1. The van der Waals surface area contributed by atoms with Crippen LogP contribution in [0.4, 0.5) is 5.69 Å². The van der Waals surface area contributed by atoms with Crippen LogP contribution in [0.2, 0.25) is 0 Å². The topological polar surface area (TPSA) is 58.9 Å². The van der Waals surface area contributed by atoms with Crippen LogP contribution in [0, 0.1) is 10.1 Å². The molecule has 134 valence electrons. The van der Waals surface area contributed by atoms with Crippen LogP contribution in [0.5, 0.6) is 0 Å². The average Bonchev–Trinajstić information content (AvgIpc) is 3.21. The number of hydrogen-bond acceptors (Lipinski definition) is 2. The Morgan fingerprint density at radius 3 is 1.93 bits per heavy atom. The second kappa shape index (κ2) is 6.35. The van der Waals surface area contributed by atoms with E-state index in [-0.39, 0.29) is 10.6 Å². The molecular weight excluding hydrogens is 348 g/mol. The molecule has 4 heteroatoms. The van der Waals surface area contributed by atoms with Gasteiger partial charge in [0.1, 0.15) is 0 Å². The molecule has 0 aliphatic carbocycles. The number of H-pyrrole nitrogens is 1. The summed E-state index contributed by atoms with van der Waals surface area (Å²) in [7, 11) is 0. The first kappa shape index (κ1) is 16.3. The number of rotatable bonds is 3. The van der Waals surface area contributed by atoms with E-state index in [1.54, 1.807) is 12.1 Å². The molecule has 0 radical (unpaired) electrons. The van der Waals surface area contributed by atoms with Gasteiger partial charge in [0.15, 0.2) is 0 Å². The van der Waals surface area contributed by atoms with Gasteiger partial charge in [-0.1, -0.05) is 54.6 Å². The van der Waals surface area contributed by atoms with E-state index in [4.69, 9.17) is 0 Å². The van der Waals surface area contributed by atoms with Gasteiger partial charge in [0.25, 0.3) is 5.69 Å². The number of nitrogens with one attached hydrogen (secondary N) is 1. The molecule has 0 atom stereocenters. The third-order valence-electron chi connectivity index (χ3n) is 5.16. The van der Waals surface area contributed by atoms with E-state index in [9.17, 15) is 10.1 Å². The number of nitrogens with zero attached hydrogens (tertiary/aromatic N) is 1. The van der Waals surface area contributed by atoms with Crippen molar-refractivity contribution in [1.82, 2.24) is 4.98 Å². The Kier molecular flexibility index (Phi) is 3.69. The number of nitro groups is 1. The van der Waals surface area contributed by atoms with Crippen LogP contribution >= 0.6 is 0 Å². The lowest BCUT2D eigenvalue weighted by atomic mass is 9.89. The van der Waals surface area contributed by atoms with Crippen molar-refractivity contribution < 1.29 is 4.92 Å². The Labute approximate surface area is 161 Å². The lowest BCUT2D eigenvalue weighted by Gasteiger charge is -2.15. The van der Waals surface area contributed by atoms with Gasteiger partial charge in [0, 0.05) is 29.3 Å². The molecule has 0 saturated carbocycles. The maximum atomic E-state index is 11.0. The van der Waals surface area contributed by atoms with Crippen LogP contribution in [-0.4, -0.2) is 9.91 Å². The molecule has 0 aliphatic heterocycles. The number of aromatic nitrogens is 1. The highest BCUT2D eigenvalue weighted by Gasteiger charge is 2.17. The Bertz CT molecular complexity index is 1320. The summed E-state index contributed by atoms with van der Waals surface area (Å²) in [5.74, 6) is 0. The number of aromatic amines is 1. The maximum absolute atomic E-state index is 11.0. The first-order valence-corrected chi connectivity index (χ1v) is 9.06. The molecule has 28 heavy (non-hydrogen) atoms. The van der Waals surface area contributed by atoms with Crippen LogP contribution in [0.25, 0.3) is 43.9 Å². The van der Waals surface area contributed by atoms with Gasteiger partial charge in [-0.3, -0.25) is 10.1 Å². The van der Waals surface area contributed by atoms with Crippen LogP contribution in [0.1, 0.15) is 0 Å². The minimum absolute atomic E-state index is 0.0965. The summed E-state index contributed by atoms with van der Waals surface area (Å²) in [6.45, 7) is 0. The third-order valence-corrected chi connectivity index (χ3v) is 5.16. The first-order valence-electron chi connectivity index (χ1n) is 9.06. The summed E-state index contributed by atoms with van der Waals surface area (Å²) in [5.41, 5.74) is 5.54. The van der Waals surface area contributed by atoms with E-state index >= 15 is 0 Å². The summed E-state index contributed by atoms with van der Waals surface area (Å²) >= 11 is 0. The largest absolute Gasteiger partial charge is 0.361 e. The molecule has 1 heterocycles. The van der Waals surface area contributed by atoms with Gasteiger partial charge < -0.3 is 4.98 Å². The summed E-state index contributed by atoms with van der Waals surface area (Å²) in [6, 6.07) is 27.5. The van der Waals surface area contributed by atoms with Crippen molar-refractivity contribution in [2.75, 3.05) is 0 Å².